The second kappa shape index (κ2) is 3.70. The summed E-state index contributed by atoms with van der Waals surface area (Å²) in [5.74, 6) is 0. The van der Waals surface area contributed by atoms with Gasteiger partial charge in [0.25, 0.3) is 0 Å². The highest BCUT2D eigenvalue weighted by Crippen LogP contribution is 2.21. The molecule has 80 valence electrons. The third-order valence-corrected chi connectivity index (χ3v) is 3.31. The molecule has 16 heavy (non-hydrogen) atoms. The van der Waals surface area contributed by atoms with E-state index in [0.29, 0.717) is 6.54 Å². The van der Waals surface area contributed by atoms with Crippen LogP contribution in [0.15, 0.2) is 36.2 Å². The van der Waals surface area contributed by atoms with Crippen LogP contribution in [0, 0.1) is 0 Å². The van der Waals surface area contributed by atoms with Gasteiger partial charge in [0, 0.05) is 18.4 Å². The molecule has 0 saturated heterocycles. The second-order valence-electron chi connectivity index (χ2n) is 3.46. The summed E-state index contributed by atoms with van der Waals surface area (Å²) in [6.45, 7) is 0.487. The molecule has 3 aromatic rings. The van der Waals surface area contributed by atoms with Crippen molar-refractivity contribution in [3.05, 3.63) is 41.9 Å². The van der Waals surface area contributed by atoms with Gasteiger partial charge < -0.3 is 10.3 Å². The molecule has 5 heteroatoms. The van der Waals surface area contributed by atoms with Gasteiger partial charge in [-0.25, -0.2) is 9.97 Å². The van der Waals surface area contributed by atoms with Crippen LogP contribution in [0.3, 0.4) is 0 Å². The molecule has 4 nitrogen and oxygen atoms in total. The molecule has 0 aliphatic heterocycles. The highest BCUT2D eigenvalue weighted by Gasteiger charge is 2.04. The van der Waals surface area contributed by atoms with Crippen LogP contribution in [0.25, 0.3) is 15.9 Å². The summed E-state index contributed by atoms with van der Waals surface area (Å²) >= 11 is 1.64. The van der Waals surface area contributed by atoms with Gasteiger partial charge in [-0.05, 0) is 18.2 Å². The van der Waals surface area contributed by atoms with Gasteiger partial charge in [0.05, 0.1) is 27.7 Å². The van der Waals surface area contributed by atoms with Crippen molar-refractivity contribution >= 4 is 21.6 Å². The monoisotopic (exact) mass is 230 g/mol. The molecule has 0 radical (unpaired) electrons. The molecule has 2 aromatic heterocycles. The van der Waals surface area contributed by atoms with Crippen LogP contribution in [0.4, 0.5) is 0 Å². The van der Waals surface area contributed by atoms with E-state index in [1.165, 1.54) is 4.70 Å². The Morgan fingerprint density at radius 3 is 3.19 bits per heavy atom. The largest absolute Gasteiger partial charge is 0.325 e. The van der Waals surface area contributed by atoms with Crippen LogP contribution in [0.5, 0.6) is 0 Å². The Morgan fingerprint density at radius 2 is 2.31 bits per heavy atom. The van der Waals surface area contributed by atoms with Crippen molar-refractivity contribution in [2.75, 3.05) is 0 Å². The first-order valence-electron chi connectivity index (χ1n) is 4.93. The maximum atomic E-state index is 5.65. The van der Waals surface area contributed by atoms with Crippen LogP contribution in [0.2, 0.25) is 0 Å². The lowest BCUT2D eigenvalue weighted by atomic mass is 10.3. The summed E-state index contributed by atoms with van der Waals surface area (Å²) in [4.78, 5) is 8.36. The van der Waals surface area contributed by atoms with Crippen molar-refractivity contribution in [1.82, 2.24) is 14.5 Å². The van der Waals surface area contributed by atoms with Crippen LogP contribution in [-0.4, -0.2) is 14.5 Å². The number of imidazole rings is 1. The number of hydrogen-bond donors (Lipinski definition) is 1. The van der Waals surface area contributed by atoms with Gasteiger partial charge >= 0.3 is 0 Å². The molecule has 0 fully saturated rings. The molecule has 0 spiro atoms. The molecule has 0 unspecified atom stereocenters. The van der Waals surface area contributed by atoms with Crippen molar-refractivity contribution in [2.45, 2.75) is 6.54 Å². The van der Waals surface area contributed by atoms with E-state index in [4.69, 9.17) is 5.73 Å². The van der Waals surface area contributed by atoms with E-state index in [9.17, 15) is 0 Å². The Hall–Kier alpha value is -1.72. The summed E-state index contributed by atoms with van der Waals surface area (Å²) < 4.78 is 3.17. The molecule has 0 aliphatic carbocycles. The number of fused-ring (bicyclic) bond motifs is 1. The number of nitrogens with two attached hydrogens (primary N) is 1. The van der Waals surface area contributed by atoms with Crippen molar-refractivity contribution in [2.24, 2.45) is 5.73 Å². The standard InChI is InChI=1S/C11H10N4S/c12-4-9-5-13-6-15(9)8-1-2-10-11(3-8)16-7-14-10/h1-3,5-7H,4,12H2. The first-order valence-corrected chi connectivity index (χ1v) is 5.81. The van der Waals surface area contributed by atoms with Crippen molar-refractivity contribution in [3.63, 3.8) is 0 Å². The minimum Gasteiger partial charge on any atom is -0.325 e. The number of benzene rings is 1. The normalized spacial score (nSPS) is 11.1. The van der Waals surface area contributed by atoms with Gasteiger partial charge in [0.15, 0.2) is 0 Å². The first kappa shape index (κ1) is 9.50. The van der Waals surface area contributed by atoms with Crippen molar-refractivity contribution in [3.8, 4) is 5.69 Å². The minimum atomic E-state index is 0.487. The topological polar surface area (TPSA) is 56.7 Å². The fourth-order valence-electron chi connectivity index (χ4n) is 1.70. The first-order chi connectivity index (χ1) is 7.88. The van der Waals surface area contributed by atoms with E-state index in [1.807, 2.05) is 22.2 Å². The SMILES string of the molecule is NCc1cncn1-c1ccc2ncsc2c1. The zero-order chi connectivity index (χ0) is 11.0. The van der Waals surface area contributed by atoms with Crippen LogP contribution >= 0.6 is 11.3 Å². The average Bonchev–Trinajstić information content (AvgIpc) is 2.96. The Kier molecular flexibility index (Phi) is 2.19. The quantitative estimate of drug-likeness (QED) is 0.732. The summed E-state index contributed by atoms with van der Waals surface area (Å²) in [6, 6.07) is 6.15. The Balaban J connectivity index is 2.18. The molecular formula is C11H10N4S. The predicted octanol–water partition coefficient (Wildman–Crippen LogP) is 1.94. The van der Waals surface area contributed by atoms with Gasteiger partial charge in [-0.2, -0.15) is 0 Å². The molecule has 2 N–H and O–H groups in total. The van der Waals surface area contributed by atoms with Crippen molar-refractivity contribution in [1.29, 1.82) is 0 Å². The molecule has 0 saturated carbocycles. The van der Waals surface area contributed by atoms with E-state index in [1.54, 1.807) is 23.9 Å². The molecule has 0 atom stereocenters. The van der Waals surface area contributed by atoms with Gasteiger partial charge in [-0.15, -0.1) is 11.3 Å². The summed E-state index contributed by atoms with van der Waals surface area (Å²) in [5, 5.41) is 0. The summed E-state index contributed by atoms with van der Waals surface area (Å²) in [5.41, 5.74) is 10.6. The highest BCUT2D eigenvalue weighted by atomic mass is 32.1. The summed E-state index contributed by atoms with van der Waals surface area (Å²) in [6.07, 6.45) is 3.57. The lowest BCUT2D eigenvalue weighted by molar-refractivity contribution is 0.911. The molecular weight excluding hydrogens is 220 g/mol. The van der Waals surface area contributed by atoms with Gasteiger partial charge in [-0.3, -0.25) is 0 Å². The Morgan fingerprint density at radius 1 is 1.38 bits per heavy atom. The molecule has 0 bridgehead atoms. The molecule has 1 aromatic carbocycles. The fourth-order valence-corrected chi connectivity index (χ4v) is 2.41. The lowest BCUT2D eigenvalue weighted by Crippen LogP contribution is -2.04. The van der Waals surface area contributed by atoms with Crippen LogP contribution in [0.1, 0.15) is 5.69 Å². The van der Waals surface area contributed by atoms with Gasteiger partial charge in [0.2, 0.25) is 0 Å². The number of thiazole rings is 1. The van der Waals surface area contributed by atoms with E-state index >= 15 is 0 Å². The molecule has 0 amide bonds. The maximum absolute atomic E-state index is 5.65. The maximum Gasteiger partial charge on any atom is 0.0994 e. The number of hydrogen-bond acceptors (Lipinski definition) is 4. The predicted molar refractivity (Wildman–Crippen MR) is 64.6 cm³/mol. The number of rotatable bonds is 2. The highest BCUT2D eigenvalue weighted by molar-refractivity contribution is 7.16. The Labute approximate surface area is 96.4 Å². The van der Waals surface area contributed by atoms with Crippen LogP contribution in [-0.2, 0) is 6.54 Å². The third-order valence-electron chi connectivity index (χ3n) is 2.52. The van der Waals surface area contributed by atoms with Gasteiger partial charge in [-0.1, -0.05) is 0 Å². The number of aromatic nitrogens is 3. The number of nitrogens with zero attached hydrogens (tertiary/aromatic N) is 3. The van der Waals surface area contributed by atoms with E-state index in [-0.39, 0.29) is 0 Å². The smallest absolute Gasteiger partial charge is 0.0994 e. The molecule has 2 heterocycles. The molecule has 0 aliphatic rings. The summed E-state index contributed by atoms with van der Waals surface area (Å²) in [7, 11) is 0. The average molecular weight is 230 g/mol. The third kappa shape index (κ3) is 1.41. The Bertz CT molecular complexity index is 625. The van der Waals surface area contributed by atoms with Gasteiger partial charge in [0.1, 0.15) is 0 Å². The zero-order valence-corrected chi connectivity index (χ0v) is 9.31. The van der Waals surface area contributed by atoms with E-state index < -0.39 is 0 Å². The zero-order valence-electron chi connectivity index (χ0n) is 8.50. The fraction of sp³-hybridized carbons (Fsp3) is 0.0909. The van der Waals surface area contributed by atoms with E-state index in [0.717, 1.165) is 16.9 Å². The van der Waals surface area contributed by atoms with E-state index in [2.05, 4.69) is 16.0 Å². The lowest BCUT2D eigenvalue weighted by Gasteiger charge is -2.05. The van der Waals surface area contributed by atoms with Crippen molar-refractivity contribution < 1.29 is 0 Å². The van der Waals surface area contributed by atoms with Crippen LogP contribution < -0.4 is 5.73 Å². The second-order valence-corrected chi connectivity index (χ2v) is 4.35. The molecule has 3 rings (SSSR count). The minimum absolute atomic E-state index is 0.487.